The zero-order valence-electron chi connectivity index (χ0n) is 9.25. The van der Waals surface area contributed by atoms with Gasteiger partial charge in [-0.05, 0) is 23.5 Å². The molecule has 0 heterocycles. The molecular weight excluding hydrogens is 229 g/mol. The summed E-state index contributed by atoms with van der Waals surface area (Å²) in [5, 5.41) is 13.1. The highest BCUT2D eigenvalue weighted by Gasteiger charge is 2.17. The van der Waals surface area contributed by atoms with Gasteiger partial charge >= 0.3 is 0 Å². The molecule has 0 atom stereocenters. The Morgan fingerprint density at radius 2 is 2.12 bits per heavy atom. The first-order valence-electron chi connectivity index (χ1n) is 4.61. The lowest BCUT2D eigenvalue weighted by Gasteiger charge is -2.04. The molecule has 0 N–H and O–H groups in total. The smallest absolute Gasteiger partial charge is 0.279 e. The van der Waals surface area contributed by atoms with E-state index in [0.29, 0.717) is 0 Å². The van der Waals surface area contributed by atoms with Crippen LogP contribution in [0.15, 0.2) is 23.5 Å². The first-order valence-corrected chi connectivity index (χ1v) is 4.61. The molecule has 0 saturated heterocycles. The van der Waals surface area contributed by atoms with Gasteiger partial charge in [-0.25, -0.2) is 4.39 Å². The highest BCUT2D eigenvalue weighted by atomic mass is 19.1. The van der Waals surface area contributed by atoms with Crippen molar-refractivity contribution in [3.63, 3.8) is 0 Å². The van der Waals surface area contributed by atoms with Gasteiger partial charge in [-0.15, -0.1) is 4.91 Å². The fourth-order valence-electron chi connectivity index (χ4n) is 1.16. The highest BCUT2D eigenvalue weighted by molar-refractivity contribution is 5.65. The molecule has 1 rings (SSSR count). The maximum atomic E-state index is 13.3. The van der Waals surface area contributed by atoms with Crippen molar-refractivity contribution in [1.29, 1.82) is 0 Å². The molecule has 0 aliphatic heterocycles. The second kappa shape index (κ2) is 5.15. The Hall–Kier alpha value is -2.31. The summed E-state index contributed by atoms with van der Waals surface area (Å²) >= 11 is 0. The molecule has 0 amide bonds. The zero-order valence-corrected chi connectivity index (χ0v) is 9.25. The van der Waals surface area contributed by atoms with Crippen LogP contribution < -0.4 is 0 Å². The molecule has 0 fully saturated rings. The zero-order chi connectivity index (χ0) is 13.0. The third kappa shape index (κ3) is 3.07. The number of hydrogen-bond acceptors (Lipinski definition) is 5. The van der Waals surface area contributed by atoms with E-state index in [0.717, 1.165) is 12.1 Å². The third-order valence-electron chi connectivity index (χ3n) is 1.94. The second-order valence-corrected chi connectivity index (χ2v) is 3.49. The maximum absolute atomic E-state index is 13.3. The largest absolute Gasteiger partial charge is 0.383 e. The maximum Gasteiger partial charge on any atom is 0.279 e. The Morgan fingerprint density at radius 1 is 1.47 bits per heavy atom. The van der Waals surface area contributed by atoms with Crippen LogP contribution in [0.1, 0.15) is 5.56 Å². The van der Waals surface area contributed by atoms with Crippen molar-refractivity contribution < 1.29 is 9.31 Å². The molecule has 7 heteroatoms. The molecular formula is C10H10FN3O3. The molecule has 1 aromatic rings. The summed E-state index contributed by atoms with van der Waals surface area (Å²) in [6.07, 6.45) is 2.92. The van der Waals surface area contributed by atoms with Gasteiger partial charge in [0.2, 0.25) is 0 Å². The first kappa shape index (κ1) is 12.8. The minimum Gasteiger partial charge on any atom is -0.383 e. The normalized spacial score (nSPS) is 10.5. The minimum atomic E-state index is -0.885. The van der Waals surface area contributed by atoms with Crippen LogP contribution in [-0.4, -0.2) is 23.9 Å². The van der Waals surface area contributed by atoms with Crippen molar-refractivity contribution in [1.82, 2.24) is 4.90 Å². The summed E-state index contributed by atoms with van der Waals surface area (Å²) in [7, 11) is 3.44. The summed E-state index contributed by atoms with van der Waals surface area (Å²) in [6.45, 7) is 0. The van der Waals surface area contributed by atoms with E-state index in [4.69, 9.17) is 0 Å². The van der Waals surface area contributed by atoms with Gasteiger partial charge in [0.05, 0.1) is 10.5 Å². The highest BCUT2D eigenvalue weighted by Crippen LogP contribution is 2.29. The molecule has 0 saturated carbocycles. The molecule has 1 aromatic carbocycles. The molecule has 17 heavy (non-hydrogen) atoms. The van der Waals surface area contributed by atoms with Gasteiger partial charge in [-0.2, -0.15) is 0 Å². The van der Waals surface area contributed by atoms with Crippen LogP contribution in [0.25, 0.3) is 6.08 Å². The minimum absolute atomic E-state index is 0.0774. The molecule has 6 nitrogen and oxygen atoms in total. The number of nitrogens with zero attached hydrogens (tertiary/aromatic N) is 3. The number of halogens is 1. The van der Waals surface area contributed by atoms with Crippen LogP contribution in [0.2, 0.25) is 0 Å². The van der Waals surface area contributed by atoms with Crippen LogP contribution in [0.5, 0.6) is 0 Å². The molecule has 0 radical (unpaired) electrons. The van der Waals surface area contributed by atoms with Crippen LogP contribution in [-0.2, 0) is 0 Å². The Morgan fingerprint density at radius 3 is 2.59 bits per heavy atom. The van der Waals surface area contributed by atoms with Crippen molar-refractivity contribution in [2.75, 3.05) is 14.1 Å². The monoisotopic (exact) mass is 239 g/mol. The van der Waals surface area contributed by atoms with E-state index in [2.05, 4.69) is 5.18 Å². The van der Waals surface area contributed by atoms with Crippen molar-refractivity contribution in [3.8, 4) is 0 Å². The number of nitro groups is 1. The van der Waals surface area contributed by atoms with Gasteiger partial charge in [0.1, 0.15) is 5.69 Å². The summed E-state index contributed by atoms with van der Waals surface area (Å²) in [5.41, 5.74) is -0.855. The lowest BCUT2D eigenvalue weighted by molar-refractivity contribution is -0.385. The van der Waals surface area contributed by atoms with Crippen LogP contribution in [0.3, 0.4) is 0 Å². The quantitative estimate of drug-likeness (QED) is 0.459. The van der Waals surface area contributed by atoms with E-state index >= 15 is 0 Å². The fourth-order valence-corrected chi connectivity index (χ4v) is 1.16. The SMILES string of the molecule is CN(C)/C=C/c1cc(F)c(N=O)cc1[N+](=O)[O-]. The molecule has 90 valence electrons. The van der Waals surface area contributed by atoms with E-state index in [1.807, 2.05) is 0 Å². The Labute approximate surface area is 96.5 Å². The van der Waals surface area contributed by atoms with E-state index in [1.165, 1.54) is 12.3 Å². The van der Waals surface area contributed by atoms with E-state index in [9.17, 15) is 19.4 Å². The number of hydrogen-bond donors (Lipinski definition) is 0. The van der Waals surface area contributed by atoms with Gasteiger partial charge in [-0.3, -0.25) is 10.1 Å². The van der Waals surface area contributed by atoms with Crippen LogP contribution in [0, 0.1) is 20.8 Å². The lowest BCUT2D eigenvalue weighted by Crippen LogP contribution is -2.00. The van der Waals surface area contributed by atoms with Gasteiger partial charge in [0.15, 0.2) is 5.82 Å². The lowest BCUT2D eigenvalue weighted by atomic mass is 10.1. The number of rotatable bonds is 4. The number of nitro benzene ring substituents is 1. The van der Waals surface area contributed by atoms with Gasteiger partial charge in [0.25, 0.3) is 5.69 Å². The molecule has 0 bridgehead atoms. The van der Waals surface area contributed by atoms with Crippen molar-refractivity contribution in [2.45, 2.75) is 0 Å². The van der Waals surface area contributed by atoms with Crippen LogP contribution >= 0.6 is 0 Å². The fraction of sp³-hybridized carbons (Fsp3) is 0.200. The topological polar surface area (TPSA) is 75.8 Å². The van der Waals surface area contributed by atoms with Gasteiger partial charge < -0.3 is 4.90 Å². The summed E-state index contributed by atoms with van der Waals surface area (Å²) in [5.74, 6) is -0.885. The van der Waals surface area contributed by atoms with E-state index in [-0.39, 0.29) is 11.3 Å². The van der Waals surface area contributed by atoms with E-state index < -0.39 is 16.4 Å². The van der Waals surface area contributed by atoms with Crippen molar-refractivity contribution in [3.05, 3.63) is 44.7 Å². The first-order chi connectivity index (χ1) is 7.95. The van der Waals surface area contributed by atoms with Crippen molar-refractivity contribution >= 4 is 17.5 Å². The summed E-state index contributed by atoms with van der Waals surface area (Å²) in [4.78, 5) is 21.9. The number of nitroso groups, excluding NO2 is 1. The Balaban J connectivity index is 3.32. The summed E-state index contributed by atoms with van der Waals surface area (Å²) < 4.78 is 13.3. The molecule has 0 spiro atoms. The molecule has 0 unspecified atom stereocenters. The molecule has 0 aliphatic carbocycles. The standard InChI is InChI=1S/C10H10FN3O3/c1-13(2)4-3-7-5-8(11)9(12-15)6-10(7)14(16)17/h3-6H,1-2H3/b4-3+. The average Bonchev–Trinajstić information content (AvgIpc) is 2.25. The molecule has 0 aromatic heterocycles. The Bertz CT molecular complexity index is 486. The van der Waals surface area contributed by atoms with Crippen molar-refractivity contribution in [2.24, 2.45) is 5.18 Å². The Kier molecular flexibility index (Phi) is 3.86. The van der Waals surface area contributed by atoms with Crippen LogP contribution in [0.4, 0.5) is 15.8 Å². The van der Waals surface area contributed by atoms with E-state index in [1.54, 1.807) is 19.0 Å². The van der Waals surface area contributed by atoms with Gasteiger partial charge in [-0.1, -0.05) is 0 Å². The second-order valence-electron chi connectivity index (χ2n) is 3.49. The average molecular weight is 239 g/mol. The predicted octanol–water partition coefficient (Wildman–Crippen LogP) is 2.66. The molecule has 0 aliphatic rings. The number of benzene rings is 1. The summed E-state index contributed by atoms with van der Waals surface area (Å²) in [6, 6.07) is 1.73. The predicted molar refractivity (Wildman–Crippen MR) is 61.2 cm³/mol. The third-order valence-corrected chi connectivity index (χ3v) is 1.94. The van der Waals surface area contributed by atoms with Gasteiger partial charge in [0, 0.05) is 20.2 Å².